The van der Waals surface area contributed by atoms with E-state index in [2.05, 4.69) is 144 Å². The van der Waals surface area contributed by atoms with Crippen molar-refractivity contribution < 1.29 is 0 Å². The molecule has 0 fully saturated rings. The Morgan fingerprint density at radius 1 is 0.377 bits per heavy atom. The summed E-state index contributed by atoms with van der Waals surface area (Å²) in [6, 6.07) is 75.1. The Morgan fingerprint density at radius 3 is 1.33 bits per heavy atom. The number of pyridine rings is 2. The van der Waals surface area contributed by atoms with Gasteiger partial charge >= 0.3 is 0 Å². The predicted octanol–water partition coefficient (Wildman–Crippen LogP) is 13.6. The molecule has 0 aliphatic carbocycles. The van der Waals surface area contributed by atoms with E-state index in [0.29, 0.717) is 18.2 Å². The van der Waals surface area contributed by atoms with Gasteiger partial charge in [0.05, 0.1) is 23.6 Å². The van der Waals surface area contributed by atoms with Crippen LogP contribution in [0.2, 0.25) is 0 Å². The molecule has 0 aliphatic heterocycles. The van der Waals surface area contributed by atoms with Gasteiger partial charge in [-0.3, -0.25) is 9.98 Å². The second-order valence-electron chi connectivity index (χ2n) is 14.6. The SMILES string of the molecule is C=NC(=NC(=NCc1cc(-c2ccc(-c3ccccn3)cc2)cc(-c2ccc(-c3cc(-c4ccccc4)cc(-c4ccccc4)n3)cc2)c1)c1ccccc1)c1ccccc1. The molecule has 0 saturated heterocycles. The average molecular weight is 784 g/mol. The van der Waals surface area contributed by atoms with Crippen LogP contribution < -0.4 is 0 Å². The summed E-state index contributed by atoms with van der Waals surface area (Å²) in [6.45, 7) is 4.24. The average Bonchev–Trinajstić information content (AvgIpc) is 3.35. The summed E-state index contributed by atoms with van der Waals surface area (Å²) in [5, 5.41) is 0. The molecule has 0 N–H and O–H groups in total. The minimum atomic E-state index is 0.399. The summed E-state index contributed by atoms with van der Waals surface area (Å²) in [5.41, 5.74) is 15.4. The second kappa shape index (κ2) is 18.2. The predicted molar refractivity (Wildman–Crippen MR) is 254 cm³/mol. The van der Waals surface area contributed by atoms with Gasteiger partial charge in [0.1, 0.15) is 0 Å². The molecule has 5 heteroatoms. The summed E-state index contributed by atoms with van der Waals surface area (Å²) in [5.74, 6) is 1.10. The number of aromatic nitrogens is 2. The van der Waals surface area contributed by atoms with E-state index in [-0.39, 0.29) is 0 Å². The van der Waals surface area contributed by atoms with Crippen LogP contribution in [0, 0.1) is 0 Å². The molecule has 0 saturated carbocycles. The lowest BCUT2D eigenvalue weighted by molar-refractivity contribution is 1.06. The third-order valence-electron chi connectivity index (χ3n) is 10.5. The van der Waals surface area contributed by atoms with Gasteiger partial charge in [-0.15, -0.1) is 0 Å². The number of nitrogens with zero attached hydrogens (tertiary/aromatic N) is 5. The third kappa shape index (κ3) is 9.12. The van der Waals surface area contributed by atoms with Crippen molar-refractivity contribution in [2.24, 2.45) is 15.0 Å². The fourth-order valence-corrected chi connectivity index (χ4v) is 7.37. The van der Waals surface area contributed by atoms with E-state index < -0.39 is 0 Å². The zero-order valence-corrected chi connectivity index (χ0v) is 33.5. The maximum Gasteiger partial charge on any atom is 0.161 e. The summed E-state index contributed by atoms with van der Waals surface area (Å²) >= 11 is 0. The number of hydrogen-bond acceptors (Lipinski definition) is 3. The van der Waals surface area contributed by atoms with E-state index in [1.807, 2.05) is 97.2 Å². The maximum atomic E-state index is 5.17. The number of aliphatic imine (C=N–C) groups is 3. The van der Waals surface area contributed by atoms with Gasteiger partial charge in [-0.1, -0.05) is 176 Å². The summed E-state index contributed by atoms with van der Waals surface area (Å²) < 4.78 is 0. The van der Waals surface area contributed by atoms with Crippen LogP contribution in [0.1, 0.15) is 16.7 Å². The van der Waals surface area contributed by atoms with Gasteiger partial charge in [-0.25, -0.2) is 15.0 Å². The van der Waals surface area contributed by atoms with Gasteiger partial charge in [0.2, 0.25) is 0 Å². The normalized spacial score (nSPS) is 11.6. The Kier molecular flexibility index (Phi) is 11.4. The van der Waals surface area contributed by atoms with Gasteiger partial charge in [0.15, 0.2) is 11.7 Å². The lowest BCUT2D eigenvalue weighted by Gasteiger charge is -2.13. The maximum absolute atomic E-state index is 5.17. The first kappa shape index (κ1) is 38.4. The van der Waals surface area contributed by atoms with Gasteiger partial charge in [0.25, 0.3) is 0 Å². The fraction of sp³-hybridized carbons (Fsp3) is 0.0179. The first-order chi connectivity index (χ1) is 30.2. The smallest absolute Gasteiger partial charge is 0.161 e. The van der Waals surface area contributed by atoms with E-state index in [1.165, 1.54) is 0 Å². The quantitative estimate of drug-likeness (QED) is 0.102. The first-order valence-electron chi connectivity index (χ1n) is 20.3. The molecule has 0 atom stereocenters. The molecular weight excluding hydrogens is 743 g/mol. The van der Waals surface area contributed by atoms with E-state index in [9.17, 15) is 0 Å². The van der Waals surface area contributed by atoms with Crippen molar-refractivity contribution >= 4 is 18.4 Å². The van der Waals surface area contributed by atoms with Crippen LogP contribution in [-0.4, -0.2) is 28.4 Å². The van der Waals surface area contributed by atoms with Crippen molar-refractivity contribution in [2.75, 3.05) is 0 Å². The molecule has 7 aromatic carbocycles. The fourth-order valence-electron chi connectivity index (χ4n) is 7.37. The van der Waals surface area contributed by atoms with Crippen LogP contribution in [0.4, 0.5) is 0 Å². The van der Waals surface area contributed by atoms with E-state index in [1.54, 1.807) is 0 Å². The van der Waals surface area contributed by atoms with Crippen LogP contribution in [0.25, 0.3) is 67.2 Å². The Balaban J connectivity index is 1.11. The Hall–Kier alpha value is -8.15. The Bertz CT molecular complexity index is 2890. The highest BCUT2D eigenvalue weighted by Crippen LogP contribution is 2.34. The number of rotatable bonds is 10. The third-order valence-corrected chi connectivity index (χ3v) is 10.5. The zero-order valence-electron chi connectivity index (χ0n) is 33.5. The molecule has 2 heterocycles. The minimum Gasteiger partial charge on any atom is -0.261 e. The topological polar surface area (TPSA) is 62.9 Å². The number of amidine groups is 2. The number of benzene rings is 7. The Morgan fingerprint density at radius 2 is 0.803 bits per heavy atom. The van der Waals surface area contributed by atoms with Crippen LogP contribution in [0.15, 0.2) is 240 Å². The van der Waals surface area contributed by atoms with Crippen molar-refractivity contribution in [3.8, 4) is 67.2 Å². The van der Waals surface area contributed by atoms with Gasteiger partial charge in [-0.05, 0) is 88.1 Å². The largest absolute Gasteiger partial charge is 0.261 e. The van der Waals surface area contributed by atoms with E-state index >= 15 is 0 Å². The van der Waals surface area contributed by atoms with Crippen LogP contribution in [0.5, 0.6) is 0 Å². The molecular formula is C56H41N5. The molecule has 0 radical (unpaired) electrons. The van der Waals surface area contributed by atoms with Crippen molar-refractivity contribution in [3.63, 3.8) is 0 Å². The van der Waals surface area contributed by atoms with Gasteiger partial charge < -0.3 is 0 Å². The van der Waals surface area contributed by atoms with Crippen molar-refractivity contribution in [2.45, 2.75) is 6.54 Å². The van der Waals surface area contributed by atoms with E-state index in [4.69, 9.17) is 15.0 Å². The highest BCUT2D eigenvalue weighted by Gasteiger charge is 2.13. The zero-order chi connectivity index (χ0) is 41.2. The van der Waals surface area contributed by atoms with Crippen molar-refractivity contribution in [1.82, 2.24) is 9.97 Å². The highest BCUT2D eigenvalue weighted by molar-refractivity contribution is 6.12. The lowest BCUT2D eigenvalue weighted by atomic mass is 9.94. The molecule has 0 unspecified atom stereocenters. The molecule has 5 nitrogen and oxygen atoms in total. The lowest BCUT2D eigenvalue weighted by Crippen LogP contribution is -2.05. The summed E-state index contributed by atoms with van der Waals surface area (Å²) in [7, 11) is 0. The minimum absolute atomic E-state index is 0.399. The van der Waals surface area contributed by atoms with Crippen LogP contribution in [-0.2, 0) is 6.54 Å². The Labute approximate surface area is 356 Å². The van der Waals surface area contributed by atoms with E-state index in [0.717, 1.165) is 83.8 Å². The summed E-state index contributed by atoms with van der Waals surface area (Å²) in [6.07, 6.45) is 1.82. The number of hydrogen-bond donors (Lipinski definition) is 0. The molecule has 0 aliphatic rings. The second-order valence-corrected chi connectivity index (χ2v) is 14.6. The van der Waals surface area contributed by atoms with Crippen LogP contribution in [0.3, 0.4) is 0 Å². The van der Waals surface area contributed by atoms with Gasteiger partial charge in [-0.2, -0.15) is 0 Å². The van der Waals surface area contributed by atoms with Gasteiger partial charge in [0, 0.05) is 34.0 Å². The van der Waals surface area contributed by atoms with Crippen molar-refractivity contribution in [1.29, 1.82) is 0 Å². The molecule has 0 amide bonds. The van der Waals surface area contributed by atoms with Crippen molar-refractivity contribution in [3.05, 3.63) is 241 Å². The molecule has 9 rings (SSSR count). The monoisotopic (exact) mass is 783 g/mol. The highest BCUT2D eigenvalue weighted by atomic mass is 15.0. The first-order valence-corrected chi connectivity index (χ1v) is 20.3. The van der Waals surface area contributed by atoms with Crippen LogP contribution >= 0.6 is 0 Å². The standard InChI is InChI=1S/C56H41N5/c1-57-55(47-20-10-4-11-21-47)61-56(48-22-12-5-13-23-48)59-39-40-34-49(42-25-29-45(30-26-42)52-24-14-15-33-58-52)36-50(35-40)43-27-31-46(32-28-43)54-38-51(41-16-6-2-7-17-41)37-53(60-54)44-18-8-3-9-19-44/h2-38H,1,39H2. The molecule has 61 heavy (non-hydrogen) atoms. The summed E-state index contributed by atoms with van der Waals surface area (Å²) in [4.78, 5) is 24.1. The molecule has 0 bridgehead atoms. The molecule has 9 aromatic rings. The molecule has 0 spiro atoms. The molecule has 290 valence electrons. The molecule has 2 aromatic heterocycles.